The number of hydrogen-bond donors (Lipinski definition) is 1. The van der Waals surface area contributed by atoms with Gasteiger partial charge in [-0.05, 0) is 81.6 Å². The molecule has 1 aromatic carbocycles. The molecule has 0 fully saturated rings. The van der Waals surface area contributed by atoms with Gasteiger partial charge in [-0.2, -0.15) is 0 Å². The number of aromatic nitrogens is 3. The van der Waals surface area contributed by atoms with Gasteiger partial charge in [-0.3, -0.25) is 9.98 Å². The third kappa shape index (κ3) is 4.29. The molecule has 33 heavy (non-hydrogen) atoms. The first kappa shape index (κ1) is 21.1. The minimum Gasteiger partial charge on any atom is -0.352 e. The van der Waals surface area contributed by atoms with Gasteiger partial charge in [0.1, 0.15) is 5.82 Å². The lowest BCUT2D eigenvalue weighted by Gasteiger charge is -2.20. The van der Waals surface area contributed by atoms with Gasteiger partial charge in [0.05, 0.1) is 45.0 Å². The topological polar surface area (TPSA) is 55.1 Å². The molecule has 3 aliphatic rings. The van der Waals surface area contributed by atoms with Gasteiger partial charge in [0.25, 0.3) is 0 Å². The van der Waals surface area contributed by atoms with Crippen LogP contribution in [-0.2, 0) is 0 Å². The fourth-order valence-corrected chi connectivity index (χ4v) is 4.18. The summed E-state index contributed by atoms with van der Waals surface area (Å²) >= 11 is 0. The molecular formula is C27H26FN5. The van der Waals surface area contributed by atoms with E-state index in [1.54, 1.807) is 18.3 Å². The smallest absolute Gasteiger partial charge is 0.123 e. The van der Waals surface area contributed by atoms with Gasteiger partial charge in [0, 0.05) is 17.9 Å². The van der Waals surface area contributed by atoms with E-state index >= 15 is 0 Å². The summed E-state index contributed by atoms with van der Waals surface area (Å²) in [5, 5.41) is 6.30. The van der Waals surface area contributed by atoms with Crippen molar-refractivity contribution in [2.24, 2.45) is 4.99 Å². The number of pyridine rings is 1. The van der Waals surface area contributed by atoms with Gasteiger partial charge in [-0.15, -0.1) is 0 Å². The summed E-state index contributed by atoms with van der Waals surface area (Å²) in [6.07, 6.45) is 9.91. The third-order valence-electron chi connectivity index (χ3n) is 5.56. The van der Waals surface area contributed by atoms with Crippen LogP contribution < -0.4 is 21.4 Å². The van der Waals surface area contributed by atoms with E-state index in [0.717, 1.165) is 62.9 Å². The highest BCUT2D eigenvalue weighted by atomic mass is 19.1. The summed E-state index contributed by atoms with van der Waals surface area (Å²) in [5.41, 5.74) is 5.52. The van der Waals surface area contributed by atoms with Gasteiger partial charge < -0.3 is 9.88 Å². The number of aryl methyl sites for hydroxylation is 1. The summed E-state index contributed by atoms with van der Waals surface area (Å²) < 4.78 is 15.8. The summed E-state index contributed by atoms with van der Waals surface area (Å²) in [6.45, 7) is 6.14. The zero-order valence-corrected chi connectivity index (χ0v) is 19.0. The van der Waals surface area contributed by atoms with Crippen molar-refractivity contribution in [2.75, 3.05) is 5.32 Å². The molecule has 0 amide bonds. The maximum absolute atomic E-state index is 13.7. The molecular weight excluding hydrogens is 413 g/mol. The lowest BCUT2D eigenvalue weighted by Crippen LogP contribution is -2.40. The Morgan fingerprint density at radius 1 is 1.03 bits per heavy atom. The molecule has 6 heteroatoms. The van der Waals surface area contributed by atoms with Crippen LogP contribution in [-0.4, -0.2) is 20.6 Å². The van der Waals surface area contributed by atoms with Crippen molar-refractivity contribution in [1.82, 2.24) is 14.5 Å². The number of fused-ring (bicyclic) bond motifs is 2. The molecule has 0 saturated heterocycles. The molecule has 5 rings (SSSR count). The predicted octanol–water partition coefficient (Wildman–Crippen LogP) is 4.23. The number of nitrogens with one attached hydrogen (secondary N) is 1. The molecule has 0 spiro atoms. The molecule has 2 heterocycles. The van der Waals surface area contributed by atoms with Crippen LogP contribution in [0.15, 0.2) is 59.9 Å². The largest absolute Gasteiger partial charge is 0.352 e. The van der Waals surface area contributed by atoms with Crippen LogP contribution in [0.2, 0.25) is 0 Å². The second-order valence-corrected chi connectivity index (χ2v) is 8.64. The molecule has 0 saturated carbocycles. The Morgan fingerprint density at radius 3 is 2.58 bits per heavy atom. The lowest BCUT2D eigenvalue weighted by molar-refractivity contribution is 0.627. The van der Waals surface area contributed by atoms with Crippen molar-refractivity contribution in [1.29, 1.82) is 0 Å². The standard InChI is InChI=1S/C27H26FN5/c1-17(2)30-24-14-27-25(13-23(24)31-20-12-18(3)15-29-16-20)32-22-6-4-5-7-26(22)33(27)21-10-8-19(28)9-11-21/h6-17,31H,4-5H2,1-3H3. The normalized spacial score (nSPS) is 13.5. The summed E-state index contributed by atoms with van der Waals surface area (Å²) in [4.78, 5) is 14.2. The summed E-state index contributed by atoms with van der Waals surface area (Å²) in [5.74, 6) is -0.254. The SMILES string of the molecule is Cc1cncc(Nc2cc3nc4c(n(-c5ccc(F)cc5)c-3cc2=NC(C)C)=CCCC=4)c1. The molecule has 5 nitrogen and oxygen atoms in total. The molecule has 1 aliphatic heterocycles. The quantitative estimate of drug-likeness (QED) is 0.518. The molecule has 2 aliphatic carbocycles. The molecule has 2 aromatic rings. The van der Waals surface area contributed by atoms with E-state index in [4.69, 9.17) is 9.98 Å². The average molecular weight is 440 g/mol. The molecule has 0 atom stereocenters. The van der Waals surface area contributed by atoms with E-state index in [-0.39, 0.29) is 11.9 Å². The Morgan fingerprint density at radius 2 is 1.82 bits per heavy atom. The minimum absolute atomic E-state index is 0.114. The van der Waals surface area contributed by atoms with Crippen LogP contribution in [0.5, 0.6) is 0 Å². The van der Waals surface area contributed by atoms with Crippen LogP contribution in [0.4, 0.5) is 15.8 Å². The number of hydrogen-bond acceptors (Lipinski definition) is 4. The fourth-order valence-electron chi connectivity index (χ4n) is 4.18. The number of halogens is 1. The highest BCUT2D eigenvalue weighted by molar-refractivity contribution is 5.70. The Bertz CT molecular complexity index is 1480. The van der Waals surface area contributed by atoms with Gasteiger partial charge in [0.2, 0.25) is 0 Å². The van der Waals surface area contributed by atoms with Crippen LogP contribution in [0, 0.1) is 12.7 Å². The second-order valence-electron chi connectivity index (χ2n) is 8.64. The van der Waals surface area contributed by atoms with E-state index in [1.807, 2.05) is 19.2 Å². The van der Waals surface area contributed by atoms with Gasteiger partial charge in [-0.25, -0.2) is 9.37 Å². The van der Waals surface area contributed by atoms with E-state index in [9.17, 15) is 4.39 Å². The highest BCUT2D eigenvalue weighted by Crippen LogP contribution is 2.24. The van der Waals surface area contributed by atoms with Crippen molar-refractivity contribution in [3.8, 4) is 17.1 Å². The minimum atomic E-state index is -0.254. The van der Waals surface area contributed by atoms with E-state index < -0.39 is 0 Å². The summed E-state index contributed by atoms with van der Waals surface area (Å²) in [7, 11) is 0. The number of nitrogens with zero attached hydrogens (tertiary/aromatic N) is 4. The van der Waals surface area contributed by atoms with Crippen molar-refractivity contribution < 1.29 is 4.39 Å². The fraction of sp³-hybridized carbons (Fsp3) is 0.222. The number of benzene rings is 2. The van der Waals surface area contributed by atoms with Gasteiger partial charge in [-0.1, -0.05) is 12.2 Å². The molecule has 0 radical (unpaired) electrons. The first-order valence-corrected chi connectivity index (χ1v) is 11.2. The van der Waals surface area contributed by atoms with E-state index in [2.05, 4.69) is 53.0 Å². The molecule has 1 N–H and O–H groups in total. The maximum Gasteiger partial charge on any atom is 0.123 e. The number of rotatable bonds is 4. The first-order valence-electron chi connectivity index (χ1n) is 11.2. The first-order chi connectivity index (χ1) is 16.0. The lowest BCUT2D eigenvalue weighted by atomic mass is 10.1. The Hall–Kier alpha value is -3.80. The highest BCUT2D eigenvalue weighted by Gasteiger charge is 2.16. The van der Waals surface area contributed by atoms with Crippen molar-refractivity contribution >= 4 is 23.5 Å². The molecule has 0 bridgehead atoms. The van der Waals surface area contributed by atoms with Gasteiger partial charge in [0.15, 0.2) is 0 Å². The average Bonchev–Trinajstić information content (AvgIpc) is 2.78. The zero-order valence-electron chi connectivity index (χ0n) is 19.0. The van der Waals surface area contributed by atoms with Crippen LogP contribution in [0.3, 0.4) is 0 Å². The van der Waals surface area contributed by atoms with Crippen molar-refractivity contribution in [2.45, 2.75) is 39.7 Å². The van der Waals surface area contributed by atoms with Crippen LogP contribution in [0.25, 0.3) is 29.2 Å². The molecule has 1 aromatic heterocycles. The molecule has 0 unspecified atom stereocenters. The Kier molecular flexibility index (Phi) is 5.50. The van der Waals surface area contributed by atoms with E-state index in [1.165, 1.54) is 12.1 Å². The maximum atomic E-state index is 13.7. The Labute approximate surface area is 192 Å². The second kappa shape index (κ2) is 8.62. The van der Waals surface area contributed by atoms with Crippen LogP contribution in [0.1, 0.15) is 32.3 Å². The Balaban J connectivity index is 1.81. The third-order valence-corrected chi connectivity index (χ3v) is 5.56. The molecule has 166 valence electrons. The van der Waals surface area contributed by atoms with Crippen molar-refractivity contribution in [3.05, 3.63) is 82.3 Å². The van der Waals surface area contributed by atoms with Crippen LogP contribution >= 0.6 is 0 Å². The zero-order chi connectivity index (χ0) is 22.9. The summed E-state index contributed by atoms with van der Waals surface area (Å²) in [6, 6.07) is 12.9. The van der Waals surface area contributed by atoms with Gasteiger partial charge >= 0.3 is 0 Å². The van der Waals surface area contributed by atoms with E-state index in [0.29, 0.717) is 0 Å². The monoisotopic (exact) mass is 439 g/mol. The van der Waals surface area contributed by atoms with Crippen molar-refractivity contribution in [3.63, 3.8) is 0 Å². The number of anilines is 2. The predicted molar refractivity (Wildman–Crippen MR) is 131 cm³/mol.